The van der Waals surface area contributed by atoms with Crippen molar-refractivity contribution in [3.05, 3.63) is 64.2 Å². The van der Waals surface area contributed by atoms with Crippen molar-refractivity contribution in [1.82, 2.24) is 0 Å². The summed E-state index contributed by atoms with van der Waals surface area (Å²) in [7, 11) is 0. The zero-order valence-electron chi connectivity index (χ0n) is 8.87. The number of nitro groups is 1. The first kappa shape index (κ1) is 11.0. The van der Waals surface area contributed by atoms with Crippen molar-refractivity contribution in [3.63, 3.8) is 0 Å². The summed E-state index contributed by atoms with van der Waals surface area (Å²) in [5.41, 5.74) is 1.48. The molecule has 0 radical (unpaired) electrons. The number of nitrogens with zero attached hydrogens (tertiary/aromatic N) is 1. The molecular weight excluding hydrogens is 218 g/mol. The van der Waals surface area contributed by atoms with E-state index in [9.17, 15) is 14.9 Å². The van der Waals surface area contributed by atoms with E-state index in [-0.39, 0.29) is 5.69 Å². The summed E-state index contributed by atoms with van der Waals surface area (Å²) in [6.45, 7) is 0. The van der Waals surface area contributed by atoms with Gasteiger partial charge in [-0.05, 0) is 11.6 Å². The van der Waals surface area contributed by atoms with E-state index in [0.717, 1.165) is 0 Å². The second kappa shape index (κ2) is 4.57. The molecule has 0 saturated heterocycles. The smallest absolute Gasteiger partial charge is 0.277 e. The van der Waals surface area contributed by atoms with Crippen LogP contribution < -0.4 is 0 Å². The van der Waals surface area contributed by atoms with Crippen molar-refractivity contribution < 1.29 is 9.72 Å². The molecule has 0 aliphatic heterocycles. The SMILES string of the molecule is O=Cc1ccccc1-c1ccccc1[N+](=O)[O-]. The largest absolute Gasteiger partial charge is 0.298 e. The van der Waals surface area contributed by atoms with Gasteiger partial charge in [0.15, 0.2) is 6.29 Å². The molecule has 0 aliphatic rings. The Kier molecular flexibility index (Phi) is 2.96. The number of carbonyl (C=O) groups is 1. The number of benzene rings is 2. The number of aldehydes is 1. The maximum Gasteiger partial charge on any atom is 0.277 e. The highest BCUT2D eigenvalue weighted by Crippen LogP contribution is 2.31. The zero-order chi connectivity index (χ0) is 12.3. The van der Waals surface area contributed by atoms with Gasteiger partial charge in [0.25, 0.3) is 5.69 Å². The first-order chi connectivity index (χ1) is 8.24. The molecule has 0 unspecified atom stereocenters. The van der Waals surface area contributed by atoms with Crippen LogP contribution in [0.4, 0.5) is 5.69 Å². The van der Waals surface area contributed by atoms with Crippen molar-refractivity contribution >= 4 is 12.0 Å². The minimum absolute atomic E-state index is 0.00167. The van der Waals surface area contributed by atoms with Crippen LogP contribution in [0.15, 0.2) is 48.5 Å². The van der Waals surface area contributed by atoms with Crippen molar-refractivity contribution in [1.29, 1.82) is 0 Å². The van der Waals surface area contributed by atoms with Crippen molar-refractivity contribution in [2.75, 3.05) is 0 Å². The molecule has 0 saturated carbocycles. The van der Waals surface area contributed by atoms with Crippen LogP contribution in [-0.4, -0.2) is 11.2 Å². The number of rotatable bonds is 3. The molecule has 0 atom stereocenters. The van der Waals surface area contributed by atoms with Crippen molar-refractivity contribution in [2.45, 2.75) is 0 Å². The number of para-hydroxylation sites is 1. The molecule has 0 aromatic heterocycles. The molecule has 0 aliphatic carbocycles. The Morgan fingerprint density at radius 3 is 2.18 bits per heavy atom. The summed E-state index contributed by atoms with van der Waals surface area (Å²) >= 11 is 0. The third kappa shape index (κ3) is 2.06. The van der Waals surface area contributed by atoms with E-state index < -0.39 is 4.92 Å². The molecule has 4 nitrogen and oxygen atoms in total. The van der Waals surface area contributed by atoms with Gasteiger partial charge in [-0.3, -0.25) is 14.9 Å². The quantitative estimate of drug-likeness (QED) is 0.460. The van der Waals surface area contributed by atoms with Gasteiger partial charge in [0.1, 0.15) is 0 Å². The molecule has 0 heterocycles. The topological polar surface area (TPSA) is 60.2 Å². The predicted molar refractivity (Wildman–Crippen MR) is 63.9 cm³/mol. The Morgan fingerprint density at radius 2 is 1.53 bits per heavy atom. The maximum absolute atomic E-state index is 10.9. The Balaban J connectivity index is 2.68. The van der Waals surface area contributed by atoms with E-state index in [2.05, 4.69) is 0 Å². The number of hydrogen-bond donors (Lipinski definition) is 0. The van der Waals surface area contributed by atoms with Crippen LogP contribution in [0.25, 0.3) is 11.1 Å². The van der Waals surface area contributed by atoms with E-state index in [4.69, 9.17) is 0 Å². The Labute approximate surface area is 97.7 Å². The van der Waals surface area contributed by atoms with Gasteiger partial charge < -0.3 is 0 Å². The van der Waals surface area contributed by atoms with Gasteiger partial charge in [-0.1, -0.05) is 36.4 Å². The summed E-state index contributed by atoms with van der Waals surface area (Å²) in [6, 6.07) is 13.2. The average Bonchev–Trinajstić information content (AvgIpc) is 2.38. The molecule has 0 bridgehead atoms. The molecule has 0 N–H and O–H groups in total. The van der Waals surface area contributed by atoms with Gasteiger partial charge in [0.2, 0.25) is 0 Å². The van der Waals surface area contributed by atoms with E-state index in [1.54, 1.807) is 42.5 Å². The summed E-state index contributed by atoms with van der Waals surface area (Å²) in [4.78, 5) is 21.4. The van der Waals surface area contributed by atoms with E-state index >= 15 is 0 Å². The van der Waals surface area contributed by atoms with Crippen LogP contribution in [0.2, 0.25) is 0 Å². The van der Waals surface area contributed by atoms with Crippen LogP contribution in [0.3, 0.4) is 0 Å². The van der Waals surface area contributed by atoms with Crippen molar-refractivity contribution in [3.8, 4) is 11.1 Å². The fourth-order valence-corrected chi connectivity index (χ4v) is 1.71. The molecule has 2 aromatic carbocycles. The summed E-state index contributed by atoms with van der Waals surface area (Å²) in [5.74, 6) is 0. The molecule has 4 heteroatoms. The van der Waals surface area contributed by atoms with E-state index in [1.165, 1.54) is 6.07 Å². The summed E-state index contributed by atoms with van der Waals surface area (Å²) < 4.78 is 0. The van der Waals surface area contributed by atoms with Gasteiger partial charge in [-0.25, -0.2) is 0 Å². The number of carbonyl (C=O) groups excluding carboxylic acids is 1. The highest BCUT2D eigenvalue weighted by atomic mass is 16.6. The van der Waals surface area contributed by atoms with Crippen molar-refractivity contribution in [2.24, 2.45) is 0 Å². The highest BCUT2D eigenvalue weighted by molar-refractivity contribution is 5.90. The van der Waals surface area contributed by atoms with Crippen LogP contribution in [-0.2, 0) is 0 Å². The zero-order valence-corrected chi connectivity index (χ0v) is 8.87. The van der Waals surface area contributed by atoms with Gasteiger partial charge in [-0.2, -0.15) is 0 Å². The molecule has 0 spiro atoms. The third-order valence-electron chi connectivity index (χ3n) is 2.48. The average molecular weight is 227 g/mol. The lowest BCUT2D eigenvalue weighted by atomic mass is 9.99. The highest BCUT2D eigenvalue weighted by Gasteiger charge is 2.15. The summed E-state index contributed by atoms with van der Waals surface area (Å²) in [5, 5.41) is 10.9. The molecule has 2 aromatic rings. The Bertz CT molecular complexity index is 578. The van der Waals surface area contributed by atoms with Gasteiger partial charge >= 0.3 is 0 Å². The third-order valence-corrected chi connectivity index (χ3v) is 2.48. The van der Waals surface area contributed by atoms with Gasteiger partial charge in [0.05, 0.1) is 10.5 Å². The minimum Gasteiger partial charge on any atom is -0.298 e. The first-order valence-corrected chi connectivity index (χ1v) is 5.02. The lowest BCUT2D eigenvalue weighted by Gasteiger charge is -2.05. The second-order valence-corrected chi connectivity index (χ2v) is 3.48. The lowest BCUT2D eigenvalue weighted by Crippen LogP contribution is -1.94. The van der Waals surface area contributed by atoms with E-state index in [0.29, 0.717) is 23.0 Å². The van der Waals surface area contributed by atoms with Gasteiger partial charge in [0, 0.05) is 11.6 Å². The number of hydrogen-bond acceptors (Lipinski definition) is 3. The van der Waals surface area contributed by atoms with Gasteiger partial charge in [-0.15, -0.1) is 0 Å². The molecule has 84 valence electrons. The normalized spacial score (nSPS) is 9.88. The Hall–Kier alpha value is -2.49. The fourth-order valence-electron chi connectivity index (χ4n) is 1.71. The number of nitro benzene ring substituents is 1. The van der Waals surface area contributed by atoms with Crippen LogP contribution in [0.5, 0.6) is 0 Å². The van der Waals surface area contributed by atoms with Crippen LogP contribution in [0.1, 0.15) is 10.4 Å². The fraction of sp³-hybridized carbons (Fsp3) is 0. The molecule has 0 fully saturated rings. The maximum atomic E-state index is 10.9. The minimum atomic E-state index is -0.448. The molecule has 0 amide bonds. The summed E-state index contributed by atoms with van der Waals surface area (Å²) in [6.07, 6.45) is 0.700. The van der Waals surface area contributed by atoms with Crippen LogP contribution in [0, 0.1) is 10.1 Å². The molecule has 17 heavy (non-hydrogen) atoms. The lowest BCUT2D eigenvalue weighted by molar-refractivity contribution is -0.384. The predicted octanol–water partition coefficient (Wildman–Crippen LogP) is 3.07. The Morgan fingerprint density at radius 1 is 0.941 bits per heavy atom. The van der Waals surface area contributed by atoms with Crippen LogP contribution >= 0.6 is 0 Å². The molecular formula is C13H9NO3. The standard InChI is InChI=1S/C13H9NO3/c15-9-10-5-1-2-6-11(10)12-7-3-4-8-13(12)14(16)17/h1-9H. The monoisotopic (exact) mass is 227 g/mol. The first-order valence-electron chi connectivity index (χ1n) is 5.02. The molecule has 2 rings (SSSR count). The second-order valence-electron chi connectivity index (χ2n) is 3.48. The van der Waals surface area contributed by atoms with E-state index in [1.807, 2.05) is 0 Å².